The predicted octanol–water partition coefficient (Wildman–Crippen LogP) is 3.28. The standard InChI is InChI=1S/C15H26O5/c1-14(2,3)12-17-9-7-8-11(10-18-12)19-13(16)20-15(4,5)6/h7-8,11-12H,9-10H2,1-6H3/b8-7+. The molecule has 0 saturated heterocycles. The minimum Gasteiger partial charge on any atom is -0.429 e. The van der Waals surface area contributed by atoms with Crippen molar-refractivity contribution in [2.45, 2.75) is 59.5 Å². The van der Waals surface area contributed by atoms with E-state index in [1.165, 1.54) is 0 Å². The maximum absolute atomic E-state index is 11.6. The van der Waals surface area contributed by atoms with Crippen molar-refractivity contribution in [1.29, 1.82) is 0 Å². The molecule has 2 atom stereocenters. The lowest BCUT2D eigenvalue weighted by Gasteiger charge is -2.32. The zero-order chi connectivity index (χ0) is 15.4. The molecule has 0 saturated carbocycles. The first-order chi connectivity index (χ1) is 9.08. The van der Waals surface area contributed by atoms with E-state index >= 15 is 0 Å². The summed E-state index contributed by atoms with van der Waals surface area (Å²) in [4.78, 5) is 11.6. The molecule has 2 unspecified atom stereocenters. The van der Waals surface area contributed by atoms with Crippen LogP contribution in [0.1, 0.15) is 41.5 Å². The molecule has 0 aromatic carbocycles. The fraction of sp³-hybridized carbons (Fsp3) is 0.800. The maximum Gasteiger partial charge on any atom is 0.509 e. The van der Waals surface area contributed by atoms with Gasteiger partial charge in [-0.3, -0.25) is 0 Å². The molecule has 1 aliphatic rings. The summed E-state index contributed by atoms with van der Waals surface area (Å²) in [6, 6.07) is 0. The summed E-state index contributed by atoms with van der Waals surface area (Å²) in [5.41, 5.74) is -0.706. The molecule has 1 heterocycles. The molecule has 5 nitrogen and oxygen atoms in total. The van der Waals surface area contributed by atoms with Gasteiger partial charge in [-0.15, -0.1) is 0 Å². The smallest absolute Gasteiger partial charge is 0.429 e. The van der Waals surface area contributed by atoms with Crippen LogP contribution >= 0.6 is 0 Å². The Bertz CT molecular complexity index is 348. The van der Waals surface area contributed by atoms with E-state index < -0.39 is 17.9 Å². The van der Waals surface area contributed by atoms with Crippen LogP contribution in [0.15, 0.2) is 12.2 Å². The van der Waals surface area contributed by atoms with E-state index in [0.29, 0.717) is 6.61 Å². The molecule has 0 aromatic rings. The van der Waals surface area contributed by atoms with Gasteiger partial charge in [0, 0.05) is 5.41 Å². The van der Waals surface area contributed by atoms with Crippen molar-refractivity contribution >= 4 is 6.16 Å². The number of carbonyl (C=O) groups excluding carboxylic acids is 1. The lowest BCUT2D eigenvalue weighted by molar-refractivity contribution is -0.200. The van der Waals surface area contributed by atoms with E-state index in [-0.39, 0.29) is 18.3 Å². The zero-order valence-electron chi connectivity index (χ0n) is 13.3. The van der Waals surface area contributed by atoms with E-state index in [1.54, 1.807) is 26.8 Å². The molecule has 116 valence electrons. The number of hydrogen-bond donors (Lipinski definition) is 0. The summed E-state index contributed by atoms with van der Waals surface area (Å²) in [6.45, 7) is 12.2. The Labute approximate surface area is 121 Å². The highest BCUT2D eigenvalue weighted by Gasteiger charge is 2.29. The van der Waals surface area contributed by atoms with Crippen molar-refractivity contribution in [3.63, 3.8) is 0 Å². The first-order valence-electron chi connectivity index (χ1n) is 6.87. The summed E-state index contributed by atoms with van der Waals surface area (Å²) in [5.74, 6) is 0. The third-order valence-corrected chi connectivity index (χ3v) is 2.45. The first-order valence-corrected chi connectivity index (χ1v) is 6.87. The molecule has 0 bridgehead atoms. The Morgan fingerprint density at radius 2 is 1.80 bits per heavy atom. The molecular weight excluding hydrogens is 260 g/mol. The summed E-state index contributed by atoms with van der Waals surface area (Å²) >= 11 is 0. The van der Waals surface area contributed by atoms with Gasteiger partial charge in [0.2, 0.25) is 0 Å². The normalized spacial score (nSPS) is 26.3. The maximum atomic E-state index is 11.6. The highest BCUT2D eigenvalue weighted by atomic mass is 16.7. The molecule has 20 heavy (non-hydrogen) atoms. The van der Waals surface area contributed by atoms with Gasteiger partial charge >= 0.3 is 6.16 Å². The Hall–Kier alpha value is -1.07. The van der Waals surface area contributed by atoms with Crippen molar-refractivity contribution in [2.24, 2.45) is 5.41 Å². The van der Waals surface area contributed by atoms with Crippen LogP contribution in [0, 0.1) is 5.41 Å². The quantitative estimate of drug-likeness (QED) is 0.547. The van der Waals surface area contributed by atoms with E-state index in [9.17, 15) is 4.79 Å². The third-order valence-electron chi connectivity index (χ3n) is 2.45. The molecule has 0 aromatic heterocycles. The fourth-order valence-corrected chi connectivity index (χ4v) is 1.61. The van der Waals surface area contributed by atoms with E-state index in [0.717, 1.165) is 0 Å². The molecule has 0 N–H and O–H groups in total. The first kappa shape index (κ1) is 17.0. The predicted molar refractivity (Wildman–Crippen MR) is 75.4 cm³/mol. The molecule has 0 radical (unpaired) electrons. The highest BCUT2D eigenvalue weighted by Crippen LogP contribution is 2.24. The van der Waals surface area contributed by atoms with Gasteiger partial charge in [-0.25, -0.2) is 4.79 Å². The molecular formula is C15H26O5. The largest absolute Gasteiger partial charge is 0.509 e. The zero-order valence-corrected chi connectivity index (χ0v) is 13.3. The van der Waals surface area contributed by atoms with Crippen LogP contribution in [0.5, 0.6) is 0 Å². The summed E-state index contributed by atoms with van der Waals surface area (Å²) < 4.78 is 21.6. The van der Waals surface area contributed by atoms with Crippen LogP contribution in [0.3, 0.4) is 0 Å². The van der Waals surface area contributed by atoms with Crippen LogP contribution < -0.4 is 0 Å². The van der Waals surface area contributed by atoms with Crippen molar-refractivity contribution < 1.29 is 23.7 Å². The molecule has 1 rings (SSSR count). The van der Waals surface area contributed by atoms with Gasteiger partial charge in [-0.2, -0.15) is 0 Å². The lowest BCUT2D eigenvalue weighted by Crippen LogP contribution is -2.37. The van der Waals surface area contributed by atoms with Crippen LogP contribution in [-0.2, 0) is 18.9 Å². The second-order valence-electron chi connectivity index (χ2n) is 6.91. The average molecular weight is 286 g/mol. The van der Waals surface area contributed by atoms with Gasteiger partial charge in [-0.1, -0.05) is 26.8 Å². The van der Waals surface area contributed by atoms with Crippen molar-refractivity contribution in [1.82, 2.24) is 0 Å². The van der Waals surface area contributed by atoms with Gasteiger partial charge in [0.15, 0.2) is 6.29 Å². The molecule has 5 heteroatoms. The Morgan fingerprint density at radius 3 is 2.35 bits per heavy atom. The molecule has 0 amide bonds. The third kappa shape index (κ3) is 6.39. The highest BCUT2D eigenvalue weighted by molar-refractivity contribution is 5.61. The molecule has 0 spiro atoms. The minimum atomic E-state index is -0.690. The van der Waals surface area contributed by atoms with Crippen LogP contribution in [0.25, 0.3) is 0 Å². The minimum absolute atomic E-state index is 0.137. The van der Waals surface area contributed by atoms with E-state index in [2.05, 4.69) is 0 Å². The monoisotopic (exact) mass is 286 g/mol. The van der Waals surface area contributed by atoms with Gasteiger partial charge in [0.1, 0.15) is 11.7 Å². The second kappa shape index (κ2) is 6.59. The molecule has 1 aliphatic heterocycles. The average Bonchev–Trinajstić information content (AvgIpc) is 2.17. The van der Waals surface area contributed by atoms with Crippen molar-refractivity contribution in [2.75, 3.05) is 13.2 Å². The topological polar surface area (TPSA) is 54.0 Å². The van der Waals surface area contributed by atoms with Crippen LogP contribution in [0.4, 0.5) is 4.79 Å². The Kier molecular flexibility index (Phi) is 5.59. The second-order valence-corrected chi connectivity index (χ2v) is 6.91. The fourth-order valence-electron chi connectivity index (χ4n) is 1.61. The number of hydrogen-bond acceptors (Lipinski definition) is 5. The Morgan fingerprint density at radius 1 is 1.15 bits per heavy atom. The molecule has 0 aliphatic carbocycles. The van der Waals surface area contributed by atoms with Gasteiger partial charge in [0.25, 0.3) is 0 Å². The van der Waals surface area contributed by atoms with Gasteiger partial charge in [-0.05, 0) is 26.8 Å². The van der Waals surface area contributed by atoms with Gasteiger partial charge in [0.05, 0.1) is 13.2 Å². The lowest BCUT2D eigenvalue weighted by atomic mass is 9.96. The summed E-state index contributed by atoms with van der Waals surface area (Å²) in [5, 5.41) is 0. The van der Waals surface area contributed by atoms with E-state index in [1.807, 2.05) is 26.8 Å². The van der Waals surface area contributed by atoms with Crippen LogP contribution in [0.2, 0.25) is 0 Å². The summed E-state index contributed by atoms with van der Waals surface area (Å²) in [6.07, 6.45) is 2.10. The number of rotatable bonds is 1. The molecule has 0 fully saturated rings. The summed E-state index contributed by atoms with van der Waals surface area (Å²) in [7, 11) is 0. The van der Waals surface area contributed by atoms with E-state index in [4.69, 9.17) is 18.9 Å². The SMILES string of the molecule is CC(C)(C)OC(=O)OC1/C=C/COC(C(C)(C)C)OC1. The van der Waals surface area contributed by atoms with Crippen molar-refractivity contribution in [3.05, 3.63) is 12.2 Å². The van der Waals surface area contributed by atoms with Gasteiger partial charge < -0.3 is 18.9 Å². The number of ether oxygens (including phenoxy) is 4. The number of carbonyl (C=O) groups is 1. The van der Waals surface area contributed by atoms with Crippen LogP contribution in [-0.4, -0.2) is 37.4 Å². The Balaban J connectivity index is 2.55. The van der Waals surface area contributed by atoms with Crippen molar-refractivity contribution in [3.8, 4) is 0 Å².